The van der Waals surface area contributed by atoms with Crippen LogP contribution in [0.15, 0.2) is 47.5 Å². The molecule has 0 aliphatic carbocycles. The summed E-state index contributed by atoms with van der Waals surface area (Å²) in [4.78, 5) is 41.3. The van der Waals surface area contributed by atoms with Crippen LogP contribution in [0.3, 0.4) is 0 Å². The highest BCUT2D eigenvalue weighted by molar-refractivity contribution is 5.89. The number of amides is 1. The van der Waals surface area contributed by atoms with Crippen molar-refractivity contribution in [3.63, 3.8) is 0 Å². The molecule has 1 atom stereocenters. The van der Waals surface area contributed by atoms with E-state index in [1.54, 1.807) is 30.3 Å². The van der Waals surface area contributed by atoms with Crippen LogP contribution in [0.4, 0.5) is 10.5 Å². The SMILES string of the molecule is COC(=O)Cc1ccc(CC(=O)OC)c(OCC2CN(c3ccc(CN=C(N)N)cc3)C(=O)O2)c1. The summed E-state index contributed by atoms with van der Waals surface area (Å²) in [5.74, 6) is -0.431. The first-order valence-electron chi connectivity index (χ1n) is 10.8. The zero-order valence-electron chi connectivity index (χ0n) is 19.6. The standard InChI is InChI=1S/C24H28N4O7/c1-32-21(29)10-16-3-6-17(11-22(30)33-2)20(9-16)34-14-19-13-28(24(31)35-19)18-7-4-15(5-8-18)12-27-23(25)26/h3-9,19H,10-14H2,1-2H3,(H4,25,26,27). The van der Waals surface area contributed by atoms with Gasteiger partial charge in [-0.25, -0.2) is 9.79 Å². The van der Waals surface area contributed by atoms with E-state index in [9.17, 15) is 14.4 Å². The molecular formula is C24H28N4O7. The predicted octanol–water partition coefficient (Wildman–Crippen LogP) is 1.30. The number of aliphatic imine (C=N–C) groups is 1. The molecule has 2 aromatic carbocycles. The van der Waals surface area contributed by atoms with Crippen molar-refractivity contribution >= 4 is 29.7 Å². The number of nitrogens with zero attached hydrogens (tertiary/aromatic N) is 2. The first-order chi connectivity index (χ1) is 16.8. The van der Waals surface area contributed by atoms with Crippen molar-refractivity contribution in [1.82, 2.24) is 0 Å². The number of cyclic esters (lactones) is 1. The number of nitrogens with two attached hydrogens (primary N) is 2. The Kier molecular flexibility index (Phi) is 8.49. The molecule has 1 amide bonds. The summed E-state index contributed by atoms with van der Waals surface area (Å²) in [6, 6.07) is 12.3. The molecule has 2 aromatic rings. The number of guanidine groups is 1. The minimum absolute atomic E-state index is 0.00520. The summed E-state index contributed by atoms with van der Waals surface area (Å²) in [6.45, 7) is 0.674. The van der Waals surface area contributed by atoms with E-state index in [4.69, 9.17) is 30.4 Å². The summed E-state index contributed by atoms with van der Waals surface area (Å²) < 4.78 is 20.8. The quantitative estimate of drug-likeness (QED) is 0.220. The molecular weight excluding hydrogens is 456 g/mol. The molecule has 1 fully saturated rings. The molecule has 35 heavy (non-hydrogen) atoms. The molecule has 0 radical (unpaired) electrons. The van der Waals surface area contributed by atoms with Crippen LogP contribution in [-0.4, -0.2) is 57.5 Å². The average molecular weight is 485 g/mol. The van der Waals surface area contributed by atoms with E-state index in [0.717, 1.165) is 5.56 Å². The zero-order valence-corrected chi connectivity index (χ0v) is 19.6. The van der Waals surface area contributed by atoms with Gasteiger partial charge in [-0.05, 0) is 29.3 Å². The second kappa shape index (κ2) is 11.7. The van der Waals surface area contributed by atoms with E-state index in [2.05, 4.69) is 4.99 Å². The second-order valence-corrected chi connectivity index (χ2v) is 7.78. The average Bonchev–Trinajstić information content (AvgIpc) is 3.23. The van der Waals surface area contributed by atoms with Crippen LogP contribution in [0.25, 0.3) is 0 Å². The highest BCUT2D eigenvalue weighted by Crippen LogP contribution is 2.26. The van der Waals surface area contributed by atoms with Gasteiger partial charge < -0.3 is 30.4 Å². The Balaban J connectivity index is 1.67. The fourth-order valence-electron chi connectivity index (χ4n) is 3.42. The number of esters is 2. The molecule has 186 valence electrons. The van der Waals surface area contributed by atoms with Gasteiger partial charge >= 0.3 is 18.0 Å². The molecule has 4 N–H and O–H groups in total. The van der Waals surface area contributed by atoms with Crippen molar-refractivity contribution in [3.8, 4) is 5.75 Å². The van der Waals surface area contributed by atoms with Gasteiger partial charge in [0, 0.05) is 11.3 Å². The number of rotatable bonds is 10. The number of benzene rings is 2. The number of methoxy groups -OCH3 is 2. The molecule has 3 rings (SSSR count). The lowest BCUT2D eigenvalue weighted by Crippen LogP contribution is -2.26. The Labute approximate surface area is 202 Å². The lowest BCUT2D eigenvalue weighted by molar-refractivity contribution is -0.140. The lowest BCUT2D eigenvalue weighted by atomic mass is 10.1. The topological polar surface area (TPSA) is 156 Å². The Hall–Kier alpha value is -4.28. The van der Waals surface area contributed by atoms with Crippen LogP contribution in [0.1, 0.15) is 16.7 Å². The Morgan fingerprint density at radius 3 is 2.34 bits per heavy atom. The molecule has 0 saturated carbocycles. The minimum Gasteiger partial charge on any atom is -0.489 e. The van der Waals surface area contributed by atoms with Crippen LogP contribution >= 0.6 is 0 Å². The van der Waals surface area contributed by atoms with E-state index >= 15 is 0 Å². The summed E-state index contributed by atoms with van der Waals surface area (Å²) in [5.41, 5.74) is 13.5. The highest BCUT2D eigenvalue weighted by Gasteiger charge is 2.33. The summed E-state index contributed by atoms with van der Waals surface area (Å²) >= 11 is 0. The maximum absolute atomic E-state index is 12.4. The minimum atomic E-state index is -0.543. The van der Waals surface area contributed by atoms with Gasteiger partial charge in [-0.15, -0.1) is 0 Å². The molecule has 1 aliphatic heterocycles. The molecule has 0 bridgehead atoms. The fraction of sp³-hybridized carbons (Fsp3) is 0.333. The van der Waals surface area contributed by atoms with E-state index < -0.39 is 24.1 Å². The van der Waals surface area contributed by atoms with Gasteiger partial charge in [-0.2, -0.15) is 0 Å². The maximum Gasteiger partial charge on any atom is 0.414 e. The lowest BCUT2D eigenvalue weighted by Gasteiger charge is -2.16. The number of hydrogen-bond donors (Lipinski definition) is 2. The fourth-order valence-corrected chi connectivity index (χ4v) is 3.42. The van der Waals surface area contributed by atoms with Crippen LogP contribution in [0.2, 0.25) is 0 Å². The number of ether oxygens (including phenoxy) is 4. The molecule has 11 heteroatoms. The molecule has 0 spiro atoms. The van der Waals surface area contributed by atoms with Crippen LogP contribution < -0.4 is 21.1 Å². The van der Waals surface area contributed by atoms with E-state index in [1.807, 2.05) is 12.1 Å². The van der Waals surface area contributed by atoms with Gasteiger partial charge in [0.1, 0.15) is 12.4 Å². The smallest absolute Gasteiger partial charge is 0.414 e. The monoisotopic (exact) mass is 484 g/mol. The van der Waals surface area contributed by atoms with E-state index in [0.29, 0.717) is 29.1 Å². The predicted molar refractivity (Wildman–Crippen MR) is 127 cm³/mol. The van der Waals surface area contributed by atoms with Gasteiger partial charge in [0.25, 0.3) is 0 Å². The van der Waals surface area contributed by atoms with E-state index in [1.165, 1.54) is 19.1 Å². The summed E-state index contributed by atoms with van der Waals surface area (Å²) in [6.07, 6.45) is -0.993. The first-order valence-corrected chi connectivity index (χ1v) is 10.8. The van der Waals surface area contributed by atoms with Gasteiger partial charge in [-0.1, -0.05) is 24.3 Å². The molecule has 1 unspecified atom stereocenters. The normalized spacial score (nSPS) is 14.7. The molecule has 1 aliphatic rings. The molecule has 0 aromatic heterocycles. The Morgan fingerprint density at radius 1 is 1.03 bits per heavy atom. The van der Waals surface area contributed by atoms with Crippen LogP contribution in [0, 0.1) is 0 Å². The van der Waals surface area contributed by atoms with Crippen molar-refractivity contribution in [1.29, 1.82) is 0 Å². The Morgan fingerprint density at radius 2 is 1.69 bits per heavy atom. The summed E-state index contributed by atoms with van der Waals surface area (Å²) in [5, 5.41) is 0. The largest absolute Gasteiger partial charge is 0.489 e. The van der Waals surface area contributed by atoms with Gasteiger partial charge in [0.15, 0.2) is 12.1 Å². The van der Waals surface area contributed by atoms with E-state index in [-0.39, 0.29) is 32.0 Å². The van der Waals surface area contributed by atoms with Crippen molar-refractivity contribution in [3.05, 3.63) is 59.2 Å². The van der Waals surface area contributed by atoms with Gasteiger partial charge in [0.2, 0.25) is 0 Å². The van der Waals surface area contributed by atoms with Crippen LogP contribution in [-0.2, 0) is 43.2 Å². The number of carbonyl (C=O) groups excluding carboxylic acids is 3. The number of anilines is 1. The molecule has 11 nitrogen and oxygen atoms in total. The van der Waals surface area contributed by atoms with Crippen molar-refractivity contribution in [2.45, 2.75) is 25.5 Å². The summed E-state index contributed by atoms with van der Waals surface area (Å²) in [7, 11) is 2.61. The zero-order chi connectivity index (χ0) is 25.4. The van der Waals surface area contributed by atoms with Gasteiger partial charge in [-0.3, -0.25) is 14.5 Å². The maximum atomic E-state index is 12.4. The van der Waals surface area contributed by atoms with Crippen molar-refractivity contribution < 1.29 is 33.3 Å². The third-order valence-corrected chi connectivity index (χ3v) is 5.26. The van der Waals surface area contributed by atoms with Crippen molar-refractivity contribution in [2.24, 2.45) is 16.5 Å². The van der Waals surface area contributed by atoms with Gasteiger partial charge in [0.05, 0.1) is 40.2 Å². The number of hydrogen-bond acceptors (Lipinski definition) is 8. The Bertz CT molecular complexity index is 1100. The third kappa shape index (κ3) is 7.10. The van der Waals surface area contributed by atoms with Crippen molar-refractivity contribution in [2.75, 3.05) is 32.3 Å². The highest BCUT2D eigenvalue weighted by atomic mass is 16.6. The number of carbonyl (C=O) groups is 3. The molecule has 1 saturated heterocycles. The second-order valence-electron chi connectivity index (χ2n) is 7.78. The third-order valence-electron chi connectivity index (χ3n) is 5.26. The first kappa shape index (κ1) is 25.3. The molecule has 1 heterocycles. The van der Waals surface area contributed by atoms with Crippen LogP contribution in [0.5, 0.6) is 5.75 Å².